The molecule has 0 aliphatic carbocycles. The van der Waals surface area contributed by atoms with Gasteiger partial charge in [0, 0.05) is 13.1 Å². The van der Waals surface area contributed by atoms with Gasteiger partial charge in [0.1, 0.15) is 17.4 Å². The zero-order chi connectivity index (χ0) is 23.5. The van der Waals surface area contributed by atoms with Gasteiger partial charge in [-0.05, 0) is 53.9 Å². The van der Waals surface area contributed by atoms with Crippen LogP contribution in [0.15, 0.2) is 70.3 Å². The highest BCUT2D eigenvalue weighted by atomic mass is 32.2. The number of thioether (sulfide) groups is 1. The van der Waals surface area contributed by atoms with E-state index >= 15 is 0 Å². The van der Waals surface area contributed by atoms with Crippen molar-refractivity contribution >= 4 is 45.7 Å². The molecule has 0 radical (unpaired) electrons. The van der Waals surface area contributed by atoms with E-state index < -0.39 is 5.91 Å². The smallest absolute Gasteiger partial charge is 0.283 e. The monoisotopic (exact) mass is 473 g/mol. The van der Waals surface area contributed by atoms with E-state index in [0.717, 1.165) is 37.1 Å². The van der Waals surface area contributed by atoms with Crippen LogP contribution in [0.3, 0.4) is 0 Å². The molecule has 0 saturated carbocycles. The fraction of sp³-hybridized carbons (Fsp3) is 0.240. The van der Waals surface area contributed by atoms with Gasteiger partial charge in [-0.15, -0.1) is 0 Å². The first-order chi connectivity index (χ1) is 16.6. The van der Waals surface area contributed by atoms with Crippen molar-refractivity contribution in [3.63, 3.8) is 0 Å². The molecule has 2 amide bonds. The lowest BCUT2D eigenvalue weighted by atomic mass is 10.1. The number of carbonyl (C=O) groups is 2. The van der Waals surface area contributed by atoms with E-state index in [1.54, 1.807) is 6.08 Å². The van der Waals surface area contributed by atoms with E-state index in [1.807, 2.05) is 59.5 Å². The van der Waals surface area contributed by atoms with Gasteiger partial charge >= 0.3 is 0 Å². The van der Waals surface area contributed by atoms with Gasteiger partial charge in [0.15, 0.2) is 5.84 Å². The molecule has 3 heterocycles. The summed E-state index contributed by atoms with van der Waals surface area (Å²) in [6, 6.07) is 17.2. The standard InChI is InChI=1S/C25H23N5O3S/c26-23-20(14-17-8-10-19(11-9-17)33-16-18-6-2-1-3-7-18)24(32)27-25-30(23)28-21(34-25)15-22(31)29-12-4-5-13-29/h1-3,6-11,14,26H,4-5,12-13,15-16H2/b20-14-,26-23?. The Morgan fingerprint density at radius 1 is 1.09 bits per heavy atom. The molecular formula is C25H23N5O3S. The fourth-order valence-electron chi connectivity index (χ4n) is 3.88. The van der Waals surface area contributed by atoms with Gasteiger partial charge in [0.2, 0.25) is 11.1 Å². The molecule has 34 heavy (non-hydrogen) atoms. The average molecular weight is 474 g/mol. The van der Waals surface area contributed by atoms with Crippen molar-refractivity contribution in [1.29, 1.82) is 5.41 Å². The molecule has 5 rings (SSSR count). The summed E-state index contributed by atoms with van der Waals surface area (Å²) in [5.41, 5.74) is 1.98. The summed E-state index contributed by atoms with van der Waals surface area (Å²) in [6.45, 7) is 2.02. The van der Waals surface area contributed by atoms with Crippen LogP contribution in [0.1, 0.15) is 30.4 Å². The Bertz CT molecular complexity index is 1210. The second-order valence-electron chi connectivity index (χ2n) is 8.12. The Morgan fingerprint density at radius 2 is 1.82 bits per heavy atom. The summed E-state index contributed by atoms with van der Waals surface area (Å²) in [5, 5.41) is 15.1. The summed E-state index contributed by atoms with van der Waals surface area (Å²) < 4.78 is 5.80. The maximum atomic E-state index is 12.6. The van der Waals surface area contributed by atoms with Crippen molar-refractivity contribution < 1.29 is 14.3 Å². The first-order valence-corrected chi connectivity index (χ1v) is 11.9. The van der Waals surface area contributed by atoms with E-state index in [2.05, 4.69) is 10.1 Å². The lowest BCUT2D eigenvalue weighted by Crippen LogP contribution is -2.35. The Kier molecular flexibility index (Phi) is 6.27. The maximum Gasteiger partial charge on any atom is 0.283 e. The zero-order valence-corrected chi connectivity index (χ0v) is 19.3. The SMILES string of the molecule is N=C1/C(=C/c2ccc(OCc3ccccc3)cc2)C(=O)N=C2SC(CC(=O)N3CCCC3)=NN12. The van der Waals surface area contributed by atoms with E-state index in [1.165, 1.54) is 16.8 Å². The minimum Gasteiger partial charge on any atom is -0.489 e. The summed E-state index contributed by atoms with van der Waals surface area (Å²) >= 11 is 1.18. The Labute approximate surface area is 201 Å². The molecule has 3 aliphatic rings. The number of aliphatic imine (C=N–C) groups is 1. The van der Waals surface area contributed by atoms with Gasteiger partial charge in [-0.3, -0.25) is 15.0 Å². The van der Waals surface area contributed by atoms with Gasteiger partial charge in [0.25, 0.3) is 5.91 Å². The molecule has 172 valence electrons. The number of nitrogens with zero attached hydrogens (tertiary/aromatic N) is 4. The highest BCUT2D eigenvalue weighted by Crippen LogP contribution is 2.30. The minimum absolute atomic E-state index is 0.0207. The number of amidine groups is 2. The summed E-state index contributed by atoms with van der Waals surface area (Å²) in [7, 11) is 0. The van der Waals surface area contributed by atoms with Gasteiger partial charge < -0.3 is 9.64 Å². The Hall–Kier alpha value is -3.72. The Balaban J connectivity index is 1.26. The third-order valence-corrected chi connectivity index (χ3v) is 6.61. The third kappa shape index (κ3) is 4.79. The fourth-order valence-corrected chi connectivity index (χ4v) is 4.75. The predicted octanol–water partition coefficient (Wildman–Crippen LogP) is 3.90. The number of benzene rings is 2. The molecule has 0 spiro atoms. The summed E-state index contributed by atoms with van der Waals surface area (Å²) in [6.07, 6.45) is 3.83. The molecule has 3 aliphatic heterocycles. The van der Waals surface area contributed by atoms with Crippen LogP contribution in [0.5, 0.6) is 5.75 Å². The second-order valence-corrected chi connectivity index (χ2v) is 9.16. The van der Waals surface area contributed by atoms with Crippen LogP contribution in [-0.4, -0.2) is 50.9 Å². The highest BCUT2D eigenvalue weighted by Gasteiger charge is 2.36. The Morgan fingerprint density at radius 3 is 2.56 bits per heavy atom. The molecule has 9 heteroatoms. The van der Waals surface area contributed by atoms with E-state index in [9.17, 15) is 9.59 Å². The van der Waals surface area contributed by atoms with E-state index in [0.29, 0.717) is 22.6 Å². The molecule has 0 aromatic heterocycles. The van der Waals surface area contributed by atoms with Crippen LogP contribution in [-0.2, 0) is 16.2 Å². The number of hydrogen-bond donors (Lipinski definition) is 1. The molecule has 8 nitrogen and oxygen atoms in total. The van der Waals surface area contributed by atoms with Gasteiger partial charge in [-0.2, -0.15) is 15.1 Å². The molecule has 1 saturated heterocycles. The number of nitrogens with one attached hydrogen (secondary N) is 1. The van der Waals surface area contributed by atoms with Crippen LogP contribution < -0.4 is 4.74 Å². The highest BCUT2D eigenvalue weighted by molar-refractivity contribution is 8.27. The number of ether oxygens (including phenoxy) is 1. The molecule has 0 atom stereocenters. The largest absolute Gasteiger partial charge is 0.489 e. The van der Waals surface area contributed by atoms with Gasteiger partial charge in [0.05, 0.1) is 12.0 Å². The number of amides is 2. The van der Waals surface area contributed by atoms with E-state index in [4.69, 9.17) is 10.1 Å². The number of likely N-dealkylation sites (tertiary alicyclic amines) is 1. The van der Waals surface area contributed by atoms with Crippen molar-refractivity contribution in [3.05, 3.63) is 71.3 Å². The van der Waals surface area contributed by atoms with Crippen molar-refractivity contribution in [2.75, 3.05) is 13.1 Å². The maximum absolute atomic E-state index is 12.6. The topological polar surface area (TPSA) is 98.4 Å². The normalized spacial score (nSPS) is 18.8. The van der Waals surface area contributed by atoms with Gasteiger partial charge in [-0.1, -0.05) is 42.5 Å². The predicted molar refractivity (Wildman–Crippen MR) is 133 cm³/mol. The molecule has 0 unspecified atom stereocenters. The summed E-state index contributed by atoms with van der Waals surface area (Å²) in [4.78, 5) is 31.0. The molecule has 2 aromatic rings. The lowest BCUT2D eigenvalue weighted by Gasteiger charge is -2.20. The molecule has 0 bridgehead atoms. The number of hydrazone groups is 1. The number of carbonyl (C=O) groups excluding carboxylic acids is 2. The van der Waals surface area contributed by atoms with Crippen LogP contribution in [0, 0.1) is 5.41 Å². The van der Waals surface area contributed by atoms with Crippen LogP contribution in [0.25, 0.3) is 6.08 Å². The quantitative estimate of drug-likeness (QED) is 0.642. The number of fused-ring (bicyclic) bond motifs is 1. The zero-order valence-electron chi connectivity index (χ0n) is 18.4. The first kappa shape index (κ1) is 22.1. The van der Waals surface area contributed by atoms with Crippen LogP contribution >= 0.6 is 11.8 Å². The summed E-state index contributed by atoms with van der Waals surface area (Å²) in [5.74, 6) is 0.197. The van der Waals surface area contributed by atoms with E-state index in [-0.39, 0.29) is 23.7 Å². The van der Waals surface area contributed by atoms with Gasteiger partial charge in [-0.25, -0.2) is 0 Å². The minimum atomic E-state index is -0.490. The van der Waals surface area contributed by atoms with Crippen molar-refractivity contribution in [2.24, 2.45) is 10.1 Å². The molecule has 1 N–H and O–H groups in total. The molecule has 2 aromatic carbocycles. The second kappa shape index (κ2) is 9.64. The lowest BCUT2D eigenvalue weighted by molar-refractivity contribution is -0.128. The van der Waals surface area contributed by atoms with Crippen LogP contribution in [0.2, 0.25) is 0 Å². The number of rotatable bonds is 6. The third-order valence-electron chi connectivity index (χ3n) is 5.70. The van der Waals surface area contributed by atoms with Crippen LogP contribution in [0.4, 0.5) is 0 Å². The van der Waals surface area contributed by atoms with Crippen molar-refractivity contribution in [2.45, 2.75) is 25.9 Å². The van der Waals surface area contributed by atoms with Crippen molar-refractivity contribution in [3.8, 4) is 5.75 Å². The molecule has 1 fully saturated rings. The van der Waals surface area contributed by atoms with Crippen molar-refractivity contribution in [1.82, 2.24) is 9.91 Å². The number of hydrogen-bond acceptors (Lipinski definition) is 6. The average Bonchev–Trinajstić information content (AvgIpc) is 3.52. The first-order valence-electron chi connectivity index (χ1n) is 11.1. The molecular weight excluding hydrogens is 450 g/mol.